The Bertz CT molecular complexity index is 2250. The molecular formula is C37H25IrN3O-2. The summed E-state index contributed by atoms with van der Waals surface area (Å²) < 4.78 is 37.9. The zero-order valence-corrected chi connectivity index (χ0v) is 25.1. The Hall–Kier alpha value is -4.88. The second kappa shape index (κ2) is 12.7. The van der Waals surface area contributed by atoms with Gasteiger partial charge in [0.05, 0.1) is 11.1 Å². The van der Waals surface area contributed by atoms with Crippen molar-refractivity contribution in [2.24, 2.45) is 0 Å². The van der Waals surface area contributed by atoms with E-state index in [0.29, 0.717) is 27.7 Å². The van der Waals surface area contributed by atoms with E-state index in [2.05, 4.69) is 48.1 Å². The standard InChI is InChI=1S/C24H13N2O.C13H12N.Ir/c25-15-21-17(16-7-2-1-3-8-16)12-13-19-18-9-6-10-20(23(18)27-24(19)21)22-11-4-5-14-26-22;1-10-8-13(14-9-11(10)2)12-6-4-3-5-7-12;/h1-9,11-14H;3-6,8-9H,1-2H3;/q2*-1;/i4D,5D,11D,14D;;. The number of aromatic nitrogens is 2. The molecule has 42 heavy (non-hydrogen) atoms. The number of benzene rings is 4. The molecule has 205 valence electrons. The number of hydrogen-bond donors (Lipinski definition) is 0. The molecule has 3 aromatic heterocycles. The van der Waals surface area contributed by atoms with Crippen LogP contribution in [0.15, 0.2) is 120 Å². The number of rotatable bonds is 3. The molecule has 0 aliphatic heterocycles. The molecule has 0 aliphatic carbocycles. The van der Waals surface area contributed by atoms with Gasteiger partial charge in [-0.25, -0.2) is 0 Å². The van der Waals surface area contributed by atoms with Crippen molar-refractivity contribution in [3.8, 4) is 39.7 Å². The number of nitriles is 1. The Morgan fingerprint density at radius 1 is 0.810 bits per heavy atom. The van der Waals surface area contributed by atoms with Gasteiger partial charge in [-0.3, -0.25) is 0 Å². The molecule has 0 saturated heterocycles. The summed E-state index contributed by atoms with van der Waals surface area (Å²) >= 11 is 0. The third-order valence-electron chi connectivity index (χ3n) is 6.86. The van der Waals surface area contributed by atoms with Gasteiger partial charge in [0.1, 0.15) is 17.2 Å². The topological polar surface area (TPSA) is 62.7 Å². The largest absolute Gasteiger partial charge is 0.499 e. The quantitative estimate of drug-likeness (QED) is 0.171. The van der Waals surface area contributed by atoms with Gasteiger partial charge in [0.15, 0.2) is 0 Å². The minimum atomic E-state index is -0.398. The maximum absolute atomic E-state index is 9.91. The maximum atomic E-state index is 9.91. The first-order valence-electron chi connectivity index (χ1n) is 15.0. The molecule has 4 aromatic carbocycles. The van der Waals surface area contributed by atoms with Crippen LogP contribution >= 0.6 is 0 Å². The van der Waals surface area contributed by atoms with Crippen molar-refractivity contribution in [1.82, 2.24) is 9.97 Å². The average molecular weight is 724 g/mol. The molecule has 0 fully saturated rings. The molecule has 0 unspecified atom stereocenters. The summed E-state index contributed by atoms with van der Waals surface area (Å²) in [5, 5.41) is 11.4. The smallest absolute Gasteiger partial charge is 0.139 e. The van der Waals surface area contributed by atoms with Gasteiger partial charge in [-0.1, -0.05) is 77.1 Å². The summed E-state index contributed by atoms with van der Waals surface area (Å²) in [6.07, 6.45) is 1.52. The number of fused-ring (bicyclic) bond motifs is 3. The summed E-state index contributed by atoms with van der Waals surface area (Å²) in [7, 11) is 0. The van der Waals surface area contributed by atoms with E-state index in [0.717, 1.165) is 27.8 Å². The molecule has 0 amide bonds. The summed E-state index contributed by atoms with van der Waals surface area (Å²) in [5.41, 5.74) is 7.75. The van der Waals surface area contributed by atoms with Crippen LogP contribution in [0.4, 0.5) is 0 Å². The van der Waals surface area contributed by atoms with Crippen LogP contribution in [-0.2, 0) is 20.1 Å². The zero-order chi connectivity index (χ0) is 31.7. The molecule has 0 saturated carbocycles. The number of hydrogen-bond acceptors (Lipinski definition) is 4. The van der Waals surface area contributed by atoms with E-state index in [1.165, 1.54) is 11.1 Å². The van der Waals surface area contributed by atoms with Gasteiger partial charge in [-0.2, -0.15) is 5.26 Å². The number of pyridine rings is 2. The first-order chi connectivity index (χ1) is 21.8. The van der Waals surface area contributed by atoms with E-state index >= 15 is 0 Å². The van der Waals surface area contributed by atoms with Crippen molar-refractivity contribution in [3.05, 3.63) is 144 Å². The molecule has 0 bridgehead atoms. The average Bonchev–Trinajstić information content (AvgIpc) is 3.46. The SMILES string of the molecule is Cc1cnc(-c2[c-]cccc2)cc1C.[2H]c1nc(-c2[c-]ccc3c2oc2c(C#N)c(-c4ccccc4)ccc23)c([2H])c([2H])c1[2H].[Ir]. The molecule has 0 N–H and O–H groups in total. The molecule has 3 heterocycles. The monoisotopic (exact) mass is 724 g/mol. The molecule has 7 aromatic rings. The van der Waals surface area contributed by atoms with Crippen LogP contribution in [0.2, 0.25) is 0 Å². The van der Waals surface area contributed by atoms with Crippen molar-refractivity contribution in [2.75, 3.05) is 0 Å². The van der Waals surface area contributed by atoms with Gasteiger partial charge in [-0.05, 0) is 42.4 Å². The Morgan fingerprint density at radius 3 is 2.38 bits per heavy atom. The molecule has 1 radical (unpaired) electrons. The number of nitrogens with zero attached hydrogens (tertiary/aromatic N) is 3. The van der Waals surface area contributed by atoms with Crippen LogP contribution in [-0.4, -0.2) is 9.97 Å². The van der Waals surface area contributed by atoms with Crippen molar-refractivity contribution in [3.63, 3.8) is 0 Å². The predicted octanol–water partition coefficient (Wildman–Crippen LogP) is 9.15. The fourth-order valence-corrected chi connectivity index (χ4v) is 4.62. The Labute approximate surface area is 264 Å². The van der Waals surface area contributed by atoms with Crippen molar-refractivity contribution >= 4 is 21.9 Å². The molecule has 0 atom stereocenters. The first kappa shape index (κ1) is 23.8. The van der Waals surface area contributed by atoms with Crippen LogP contribution in [0.5, 0.6) is 0 Å². The third-order valence-corrected chi connectivity index (χ3v) is 6.86. The van der Waals surface area contributed by atoms with Crippen molar-refractivity contribution < 1.29 is 30.0 Å². The van der Waals surface area contributed by atoms with Crippen LogP contribution in [0.25, 0.3) is 55.6 Å². The summed E-state index contributed by atoms with van der Waals surface area (Å²) in [4.78, 5) is 8.42. The van der Waals surface area contributed by atoms with E-state index in [4.69, 9.17) is 9.90 Å². The maximum Gasteiger partial charge on any atom is 0.139 e. The summed E-state index contributed by atoms with van der Waals surface area (Å²) in [6, 6.07) is 34.2. The summed E-state index contributed by atoms with van der Waals surface area (Å²) in [6.45, 7) is 4.17. The number of aryl methyl sites for hydroxylation is 2. The second-order valence-electron chi connectivity index (χ2n) is 9.42. The Balaban J connectivity index is 0.000000234. The van der Waals surface area contributed by atoms with Crippen molar-refractivity contribution in [2.45, 2.75) is 13.8 Å². The van der Waals surface area contributed by atoms with E-state index in [1.807, 2.05) is 72.9 Å². The molecule has 5 heteroatoms. The van der Waals surface area contributed by atoms with Gasteiger partial charge >= 0.3 is 0 Å². The summed E-state index contributed by atoms with van der Waals surface area (Å²) in [5.74, 6) is 0. The van der Waals surface area contributed by atoms with E-state index in [1.54, 1.807) is 12.1 Å². The van der Waals surface area contributed by atoms with Crippen LogP contribution < -0.4 is 0 Å². The van der Waals surface area contributed by atoms with E-state index in [9.17, 15) is 5.26 Å². The third kappa shape index (κ3) is 5.64. The van der Waals surface area contributed by atoms with Crippen LogP contribution in [0.3, 0.4) is 0 Å². The first-order valence-corrected chi connectivity index (χ1v) is 13.0. The van der Waals surface area contributed by atoms with Crippen LogP contribution in [0, 0.1) is 37.3 Å². The molecular weight excluding hydrogens is 695 g/mol. The van der Waals surface area contributed by atoms with Gasteiger partial charge < -0.3 is 14.4 Å². The zero-order valence-electron chi connectivity index (χ0n) is 26.7. The molecule has 4 nitrogen and oxygen atoms in total. The van der Waals surface area contributed by atoms with Gasteiger partial charge in [0, 0.05) is 43.4 Å². The Kier molecular flexibility index (Phi) is 7.22. The normalized spacial score (nSPS) is 11.7. The predicted molar refractivity (Wildman–Crippen MR) is 164 cm³/mol. The second-order valence-corrected chi connectivity index (χ2v) is 9.42. The number of furan rings is 1. The van der Waals surface area contributed by atoms with Gasteiger partial charge in [-0.15, -0.1) is 54.1 Å². The fourth-order valence-electron chi connectivity index (χ4n) is 4.62. The molecule has 0 spiro atoms. The minimum Gasteiger partial charge on any atom is -0.499 e. The van der Waals surface area contributed by atoms with Crippen LogP contribution in [0.1, 0.15) is 22.2 Å². The molecule has 0 aliphatic rings. The fraction of sp³-hybridized carbons (Fsp3) is 0.0541. The van der Waals surface area contributed by atoms with Gasteiger partial charge in [0.25, 0.3) is 0 Å². The van der Waals surface area contributed by atoms with Crippen molar-refractivity contribution in [1.29, 1.82) is 5.26 Å². The van der Waals surface area contributed by atoms with E-state index in [-0.39, 0.29) is 44.1 Å². The van der Waals surface area contributed by atoms with Gasteiger partial charge in [0.2, 0.25) is 0 Å². The van der Waals surface area contributed by atoms with E-state index < -0.39 is 6.04 Å². The minimum absolute atomic E-state index is 0. The molecule has 7 rings (SSSR count). The Morgan fingerprint density at radius 2 is 1.62 bits per heavy atom.